The Labute approximate surface area is 83.8 Å². The molecule has 2 nitrogen and oxygen atoms in total. The van der Waals surface area contributed by atoms with Crippen LogP contribution in [0, 0.1) is 0 Å². The van der Waals surface area contributed by atoms with Crippen LogP contribution < -0.4 is 5.73 Å². The minimum absolute atomic E-state index is 0.195. The molecule has 1 heterocycles. The number of benzene rings is 1. The number of rotatable bonds is 2. The van der Waals surface area contributed by atoms with Crippen molar-refractivity contribution in [3.63, 3.8) is 0 Å². The number of fused-ring (bicyclic) bond motifs is 1. The SMILES string of the molecule is CC(N)Cc1cccc2ncccc12. The third kappa shape index (κ3) is 1.75. The lowest BCUT2D eigenvalue weighted by Crippen LogP contribution is -2.17. The third-order valence-electron chi connectivity index (χ3n) is 2.28. The molecule has 1 aromatic heterocycles. The molecule has 0 bridgehead atoms. The summed E-state index contributed by atoms with van der Waals surface area (Å²) in [6.07, 6.45) is 2.72. The standard InChI is InChI=1S/C12H14N2/c1-9(13)8-10-4-2-6-12-11(10)5-3-7-14-12/h2-7,9H,8,13H2,1H3. The molecule has 2 heteroatoms. The molecular formula is C12H14N2. The molecule has 0 saturated carbocycles. The van der Waals surface area contributed by atoms with E-state index < -0.39 is 0 Å². The van der Waals surface area contributed by atoms with Crippen LogP contribution in [0.25, 0.3) is 10.9 Å². The molecule has 72 valence electrons. The highest BCUT2D eigenvalue weighted by Crippen LogP contribution is 2.17. The van der Waals surface area contributed by atoms with Gasteiger partial charge in [-0.2, -0.15) is 0 Å². The summed E-state index contributed by atoms with van der Waals surface area (Å²) in [4.78, 5) is 4.31. The Bertz CT molecular complexity index is 430. The first-order chi connectivity index (χ1) is 6.77. The van der Waals surface area contributed by atoms with Gasteiger partial charge in [0.25, 0.3) is 0 Å². The van der Waals surface area contributed by atoms with Crippen molar-refractivity contribution in [3.8, 4) is 0 Å². The Morgan fingerprint density at radius 3 is 2.93 bits per heavy atom. The second-order valence-electron chi connectivity index (χ2n) is 3.67. The van der Waals surface area contributed by atoms with Gasteiger partial charge < -0.3 is 5.73 Å². The van der Waals surface area contributed by atoms with Crippen LogP contribution >= 0.6 is 0 Å². The van der Waals surface area contributed by atoms with Gasteiger partial charge in [0.1, 0.15) is 0 Å². The summed E-state index contributed by atoms with van der Waals surface area (Å²) in [5.74, 6) is 0. The second-order valence-corrected chi connectivity index (χ2v) is 3.67. The zero-order chi connectivity index (χ0) is 9.97. The molecule has 0 amide bonds. The Kier molecular flexibility index (Phi) is 2.46. The van der Waals surface area contributed by atoms with E-state index >= 15 is 0 Å². The fraction of sp³-hybridized carbons (Fsp3) is 0.250. The van der Waals surface area contributed by atoms with Crippen LogP contribution in [-0.4, -0.2) is 11.0 Å². The summed E-state index contributed by atoms with van der Waals surface area (Å²) < 4.78 is 0. The summed E-state index contributed by atoms with van der Waals surface area (Å²) in [7, 11) is 0. The highest BCUT2D eigenvalue weighted by molar-refractivity contribution is 5.81. The number of hydrogen-bond donors (Lipinski definition) is 1. The minimum atomic E-state index is 0.195. The highest BCUT2D eigenvalue weighted by Gasteiger charge is 2.02. The van der Waals surface area contributed by atoms with Gasteiger partial charge in [-0.05, 0) is 31.0 Å². The van der Waals surface area contributed by atoms with Crippen LogP contribution in [0.2, 0.25) is 0 Å². The third-order valence-corrected chi connectivity index (χ3v) is 2.28. The number of nitrogens with zero attached hydrogens (tertiary/aromatic N) is 1. The molecule has 0 saturated heterocycles. The quantitative estimate of drug-likeness (QED) is 0.780. The smallest absolute Gasteiger partial charge is 0.0704 e. The van der Waals surface area contributed by atoms with Crippen LogP contribution in [0.1, 0.15) is 12.5 Å². The van der Waals surface area contributed by atoms with E-state index in [0.717, 1.165) is 11.9 Å². The number of pyridine rings is 1. The molecule has 0 aliphatic heterocycles. The summed E-state index contributed by atoms with van der Waals surface area (Å²) in [6.45, 7) is 2.02. The van der Waals surface area contributed by atoms with Gasteiger partial charge in [-0.15, -0.1) is 0 Å². The Morgan fingerprint density at radius 1 is 1.29 bits per heavy atom. The lowest BCUT2D eigenvalue weighted by atomic mass is 10.0. The van der Waals surface area contributed by atoms with Gasteiger partial charge in [-0.1, -0.05) is 18.2 Å². The van der Waals surface area contributed by atoms with Gasteiger partial charge in [0.15, 0.2) is 0 Å². The average Bonchev–Trinajstić information content (AvgIpc) is 2.18. The van der Waals surface area contributed by atoms with E-state index in [1.807, 2.05) is 31.3 Å². The lowest BCUT2D eigenvalue weighted by Gasteiger charge is -2.07. The van der Waals surface area contributed by atoms with Crippen LogP contribution in [-0.2, 0) is 6.42 Å². The molecule has 1 aromatic carbocycles. The predicted molar refractivity (Wildman–Crippen MR) is 59.1 cm³/mol. The average molecular weight is 186 g/mol. The molecule has 0 aliphatic carbocycles. The van der Waals surface area contributed by atoms with Crippen molar-refractivity contribution in [2.24, 2.45) is 5.73 Å². The molecule has 0 radical (unpaired) electrons. The Balaban J connectivity index is 2.53. The molecular weight excluding hydrogens is 172 g/mol. The van der Waals surface area contributed by atoms with Gasteiger partial charge >= 0.3 is 0 Å². The van der Waals surface area contributed by atoms with Crippen LogP contribution in [0.15, 0.2) is 36.5 Å². The monoisotopic (exact) mass is 186 g/mol. The van der Waals surface area contributed by atoms with E-state index in [0.29, 0.717) is 0 Å². The summed E-state index contributed by atoms with van der Waals surface area (Å²) in [5, 5.41) is 1.22. The zero-order valence-corrected chi connectivity index (χ0v) is 8.27. The molecule has 1 unspecified atom stereocenters. The van der Waals surface area contributed by atoms with Crippen molar-refractivity contribution < 1.29 is 0 Å². The number of hydrogen-bond acceptors (Lipinski definition) is 2. The van der Waals surface area contributed by atoms with E-state index in [-0.39, 0.29) is 6.04 Å². The van der Waals surface area contributed by atoms with Crippen molar-refractivity contribution in [3.05, 3.63) is 42.1 Å². The van der Waals surface area contributed by atoms with Crippen molar-refractivity contribution in [1.82, 2.24) is 4.98 Å². The topological polar surface area (TPSA) is 38.9 Å². The molecule has 0 fully saturated rings. The molecule has 2 rings (SSSR count). The highest BCUT2D eigenvalue weighted by atomic mass is 14.6. The first-order valence-corrected chi connectivity index (χ1v) is 4.85. The molecule has 0 aliphatic rings. The van der Waals surface area contributed by atoms with Gasteiger partial charge in [-0.25, -0.2) is 0 Å². The maximum Gasteiger partial charge on any atom is 0.0704 e. The molecule has 2 N–H and O–H groups in total. The Hall–Kier alpha value is -1.41. The number of nitrogens with two attached hydrogens (primary N) is 1. The number of aromatic nitrogens is 1. The van der Waals surface area contributed by atoms with Crippen molar-refractivity contribution in [2.75, 3.05) is 0 Å². The van der Waals surface area contributed by atoms with Crippen molar-refractivity contribution in [2.45, 2.75) is 19.4 Å². The van der Waals surface area contributed by atoms with E-state index in [4.69, 9.17) is 5.73 Å². The summed E-state index contributed by atoms with van der Waals surface area (Å²) >= 11 is 0. The molecule has 0 spiro atoms. The largest absolute Gasteiger partial charge is 0.328 e. The normalized spacial score (nSPS) is 13.0. The van der Waals surface area contributed by atoms with Crippen LogP contribution in [0.4, 0.5) is 0 Å². The Morgan fingerprint density at radius 2 is 2.14 bits per heavy atom. The van der Waals surface area contributed by atoms with E-state index in [1.165, 1.54) is 10.9 Å². The van der Waals surface area contributed by atoms with Crippen molar-refractivity contribution in [1.29, 1.82) is 0 Å². The maximum atomic E-state index is 5.80. The fourth-order valence-corrected chi connectivity index (χ4v) is 1.69. The van der Waals surface area contributed by atoms with E-state index in [2.05, 4.69) is 17.1 Å². The summed E-state index contributed by atoms with van der Waals surface area (Å²) in [6, 6.07) is 10.4. The summed E-state index contributed by atoms with van der Waals surface area (Å²) in [5.41, 5.74) is 8.12. The van der Waals surface area contributed by atoms with Gasteiger partial charge in [0.05, 0.1) is 5.52 Å². The maximum absolute atomic E-state index is 5.80. The van der Waals surface area contributed by atoms with Gasteiger partial charge in [-0.3, -0.25) is 4.98 Å². The van der Waals surface area contributed by atoms with Gasteiger partial charge in [0, 0.05) is 17.6 Å². The van der Waals surface area contributed by atoms with Crippen LogP contribution in [0.5, 0.6) is 0 Å². The fourth-order valence-electron chi connectivity index (χ4n) is 1.69. The van der Waals surface area contributed by atoms with Crippen LogP contribution in [0.3, 0.4) is 0 Å². The molecule has 2 aromatic rings. The lowest BCUT2D eigenvalue weighted by molar-refractivity contribution is 0.741. The first kappa shape index (κ1) is 9.16. The van der Waals surface area contributed by atoms with Gasteiger partial charge in [0.2, 0.25) is 0 Å². The molecule has 14 heavy (non-hydrogen) atoms. The predicted octanol–water partition coefficient (Wildman–Crippen LogP) is 2.12. The van der Waals surface area contributed by atoms with E-state index in [1.54, 1.807) is 0 Å². The van der Waals surface area contributed by atoms with E-state index in [9.17, 15) is 0 Å². The second kappa shape index (κ2) is 3.76. The first-order valence-electron chi connectivity index (χ1n) is 4.85. The minimum Gasteiger partial charge on any atom is -0.328 e. The molecule has 1 atom stereocenters. The van der Waals surface area contributed by atoms with Crippen molar-refractivity contribution >= 4 is 10.9 Å². The zero-order valence-electron chi connectivity index (χ0n) is 8.27.